The van der Waals surface area contributed by atoms with Crippen LogP contribution in [0.1, 0.15) is 51.5 Å². The number of carbonyl (C=O) groups is 3. The number of aliphatic hydroxyl groups is 1. The molecule has 4 aromatic rings. The minimum absolute atomic E-state index is 0.107. The van der Waals surface area contributed by atoms with Crippen molar-refractivity contribution in [3.63, 3.8) is 0 Å². The van der Waals surface area contributed by atoms with Crippen molar-refractivity contribution in [2.45, 2.75) is 31.3 Å². The molecule has 37 heavy (non-hydrogen) atoms. The fourth-order valence-corrected chi connectivity index (χ4v) is 5.52. The van der Waals surface area contributed by atoms with Crippen LogP contribution >= 0.6 is 11.3 Å². The number of aromatic nitrogens is 2. The maximum Gasteiger partial charge on any atom is 0.289 e. The van der Waals surface area contributed by atoms with Crippen LogP contribution in [0, 0.1) is 0 Å². The maximum atomic E-state index is 12.9. The van der Waals surface area contributed by atoms with Crippen LogP contribution in [0.25, 0.3) is 10.9 Å². The zero-order chi connectivity index (χ0) is 25.8. The van der Waals surface area contributed by atoms with Crippen molar-refractivity contribution in [2.75, 3.05) is 13.1 Å². The first-order valence-electron chi connectivity index (χ1n) is 12.1. The standard InChI is InChI=1S/C27H27N5O4S/c33-23(14-19-15-28-21-9-5-4-8-20(19)21)32-12-10-18(11-13-32)27-29-22(16-37-27)25(35)30-31-26(36)24(34)17-6-2-1-3-7-17/h1-9,15-16,18,24,28,34H,10-14H2,(H,30,35)(H,31,36). The van der Waals surface area contributed by atoms with Gasteiger partial charge in [0, 0.05) is 41.5 Å². The molecule has 190 valence electrons. The van der Waals surface area contributed by atoms with Gasteiger partial charge in [-0.1, -0.05) is 48.5 Å². The molecule has 0 bridgehead atoms. The zero-order valence-electron chi connectivity index (χ0n) is 20.0. The van der Waals surface area contributed by atoms with Gasteiger partial charge in [-0.15, -0.1) is 11.3 Å². The number of para-hydroxylation sites is 1. The van der Waals surface area contributed by atoms with Gasteiger partial charge in [0.25, 0.3) is 11.8 Å². The fourth-order valence-electron chi connectivity index (χ4n) is 4.55. The number of rotatable bonds is 6. The first-order chi connectivity index (χ1) is 18.0. The zero-order valence-corrected chi connectivity index (χ0v) is 20.8. The number of hydrogen-bond acceptors (Lipinski definition) is 6. The lowest BCUT2D eigenvalue weighted by Gasteiger charge is -2.31. The molecule has 0 saturated carbocycles. The molecule has 10 heteroatoms. The minimum Gasteiger partial charge on any atom is -0.378 e. The molecule has 0 radical (unpaired) electrons. The lowest BCUT2D eigenvalue weighted by Crippen LogP contribution is -2.44. The van der Waals surface area contributed by atoms with Crippen LogP contribution in [0.15, 0.2) is 66.2 Å². The highest BCUT2D eigenvalue weighted by molar-refractivity contribution is 7.09. The van der Waals surface area contributed by atoms with Gasteiger partial charge >= 0.3 is 0 Å². The summed E-state index contributed by atoms with van der Waals surface area (Å²) < 4.78 is 0. The molecule has 9 nitrogen and oxygen atoms in total. The summed E-state index contributed by atoms with van der Waals surface area (Å²) in [5, 5.41) is 13.7. The van der Waals surface area contributed by atoms with Gasteiger partial charge in [0.05, 0.1) is 11.4 Å². The molecule has 2 aromatic heterocycles. The van der Waals surface area contributed by atoms with E-state index in [0.29, 0.717) is 25.1 Å². The van der Waals surface area contributed by atoms with Crippen molar-refractivity contribution in [3.8, 4) is 0 Å². The minimum atomic E-state index is -1.39. The van der Waals surface area contributed by atoms with Gasteiger partial charge in [-0.2, -0.15) is 0 Å². The summed E-state index contributed by atoms with van der Waals surface area (Å²) in [6.45, 7) is 1.28. The molecule has 1 aliphatic rings. The number of benzene rings is 2. The number of aromatic amines is 1. The molecule has 4 N–H and O–H groups in total. The fraction of sp³-hybridized carbons (Fsp3) is 0.259. The highest BCUT2D eigenvalue weighted by atomic mass is 32.1. The van der Waals surface area contributed by atoms with Crippen LogP contribution in [0.3, 0.4) is 0 Å². The Morgan fingerprint density at radius 2 is 1.78 bits per heavy atom. The summed E-state index contributed by atoms with van der Waals surface area (Å²) in [6, 6.07) is 16.4. The topological polar surface area (TPSA) is 127 Å². The van der Waals surface area contributed by atoms with E-state index in [4.69, 9.17) is 0 Å². The number of aliphatic hydroxyl groups excluding tert-OH is 1. The Kier molecular flexibility index (Phi) is 7.29. The van der Waals surface area contributed by atoms with E-state index >= 15 is 0 Å². The van der Waals surface area contributed by atoms with Gasteiger partial charge in [-0.3, -0.25) is 25.2 Å². The summed E-state index contributed by atoms with van der Waals surface area (Å²) in [4.78, 5) is 47.1. The number of likely N-dealkylation sites (tertiary alicyclic amines) is 1. The molecule has 1 fully saturated rings. The number of H-pyrrole nitrogens is 1. The summed E-state index contributed by atoms with van der Waals surface area (Å²) in [5.41, 5.74) is 7.21. The SMILES string of the molecule is O=C(NNC(=O)C(O)c1ccccc1)c1csc(C2CCN(C(=O)Cc3c[nH]c4ccccc34)CC2)n1. The molecule has 5 rings (SSSR count). The number of piperidine rings is 1. The Bertz CT molecular complexity index is 1410. The van der Waals surface area contributed by atoms with Crippen LogP contribution in [0.2, 0.25) is 0 Å². The van der Waals surface area contributed by atoms with Crippen molar-refractivity contribution < 1.29 is 19.5 Å². The van der Waals surface area contributed by atoms with Crippen LogP contribution in [0.4, 0.5) is 0 Å². The number of carbonyl (C=O) groups excluding carboxylic acids is 3. The number of fused-ring (bicyclic) bond motifs is 1. The number of nitrogens with zero attached hydrogens (tertiary/aromatic N) is 2. The Labute approximate surface area is 217 Å². The third-order valence-corrected chi connectivity index (χ3v) is 7.64. The molecule has 3 heterocycles. The normalized spacial score (nSPS) is 14.9. The molecule has 3 amide bonds. The summed E-state index contributed by atoms with van der Waals surface area (Å²) in [6.07, 6.45) is 2.42. The van der Waals surface area contributed by atoms with Crippen molar-refractivity contribution >= 4 is 40.0 Å². The average Bonchev–Trinajstić information content (AvgIpc) is 3.60. The Hall–Kier alpha value is -4.02. The molecule has 1 atom stereocenters. The summed E-state index contributed by atoms with van der Waals surface area (Å²) in [5.74, 6) is -1.02. The monoisotopic (exact) mass is 517 g/mol. The highest BCUT2D eigenvalue weighted by Gasteiger charge is 2.27. The molecule has 0 spiro atoms. The van der Waals surface area contributed by atoms with Crippen LogP contribution in [-0.4, -0.2) is 50.8 Å². The van der Waals surface area contributed by atoms with E-state index in [-0.39, 0.29) is 17.5 Å². The lowest BCUT2D eigenvalue weighted by atomic mass is 9.97. The number of hydrogen-bond donors (Lipinski definition) is 4. The van der Waals surface area contributed by atoms with Gasteiger partial charge in [0.1, 0.15) is 5.69 Å². The largest absolute Gasteiger partial charge is 0.378 e. The molecular weight excluding hydrogens is 490 g/mol. The first kappa shape index (κ1) is 24.7. The smallest absolute Gasteiger partial charge is 0.289 e. The predicted molar refractivity (Wildman–Crippen MR) is 140 cm³/mol. The second kappa shape index (κ2) is 10.9. The Morgan fingerprint density at radius 1 is 1.05 bits per heavy atom. The molecule has 1 unspecified atom stereocenters. The molecule has 1 aliphatic heterocycles. The van der Waals surface area contributed by atoms with E-state index in [1.165, 1.54) is 11.3 Å². The third-order valence-electron chi connectivity index (χ3n) is 6.63. The van der Waals surface area contributed by atoms with E-state index in [0.717, 1.165) is 34.3 Å². The van der Waals surface area contributed by atoms with Crippen LogP contribution in [0.5, 0.6) is 0 Å². The Morgan fingerprint density at radius 3 is 2.57 bits per heavy atom. The van der Waals surface area contributed by atoms with Crippen LogP contribution < -0.4 is 10.9 Å². The van der Waals surface area contributed by atoms with Gasteiger partial charge in [0.2, 0.25) is 5.91 Å². The molecular formula is C27H27N5O4S. The van der Waals surface area contributed by atoms with Crippen molar-refractivity contribution in [1.82, 2.24) is 25.7 Å². The second-order valence-corrected chi connectivity index (χ2v) is 9.91. The predicted octanol–water partition coefficient (Wildman–Crippen LogP) is 3.07. The van der Waals surface area contributed by atoms with Crippen molar-refractivity contribution in [3.05, 3.63) is 88.0 Å². The van der Waals surface area contributed by atoms with Crippen molar-refractivity contribution in [1.29, 1.82) is 0 Å². The van der Waals surface area contributed by atoms with Crippen LogP contribution in [-0.2, 0) is 16.0 Å². The molecule has 1 saturated heterocycles. The van der Waals surface area contributed by atoms with E-state index in [9.17, 15) is 19.5 Å². The quantitative estimate of drug-likeness (QED) is 0.292. The number of thiazole rings is 1. The summed E-state index contributed by atoms with van der Waals surface area (Å²) >= 11 is 1.40. The third kappa shape index (κ3) is 5.55. The van der Waals surface area contributed by atoms with E-state index in [2.05, 4.69) is 20.8 Å². The summed E-state index contributed by atoms with van der Waals surface area (Å²) in [7, 11) is 0. The number of amides is 3. The lowest BCUT2D eigenvalue weighted by molar-refractivity contribution is -0.131. The molecule has 2 aromatic carbocycles. The van der Waals surface area contributed by atoms with Gasteiger partial charge in [-0.25, -0.2) is 4.98 Å². The van der Waals surface area contributed by atoms with E-state index < -0.39 is 17.9 Å². The second-order valence-electron chi connectivity index (χ2n) is 9.02. The van der Waals surface area contributed by atoms with Crippen molar-refractivity contribution in [2.24, 2.45) is 0 Å². The maximum absolute atomic E-state index is 12.9. The Balaban J connectivity index is 1.11. The molecule has 0 aliphatic carbocycles. The van der Waals surface area contributed by atoms with Gasteiger partial charge in [0.15, 0.2) is 6.10 Å². The average molecular weight is 518 g/mol. The van der Waals surface area contributed by atoms with Gasteiger partial charge < -0.3 is 15.0 Å². The highest BCUT2D eigenvalue weighted by Crippen LogP contribution is 2.31. The van der Waals surface area contributed by atoms with Gasteiger partial charge in [-0.05, 0) is 30.0 Å². The number of nitrogens with one attached hydrogen (secondary N) is 3. The number of hydrazine groups is 1. The van der Waals surface area contributed by atoms with E-state index in [1.807, 2.05) is 35.4 Å². The first-order valence-corrected chi connectivity index (χ1v) is 13.0. The van der Waals surface area contributed by atoms with E-state index in [1.54, 1.807) is 35.7 Å².